The van der Waals surface area contributed by atoms with E-state index < -0.39 is 30.0 Å². The van der Waals surface area contributed by atoms with Crippen molar-refractivity contribution in [2.24, 2.45) is 5.10 Å². The number of halogens is 4. The highest BCUT2D eigenvalue weighted by molar-refractivity contribution is 7.13. The Balaban J connectivity index is 2.16. The van der Waals surface area contributed by atoms with Gasteiger partial charge in [0.2, 0.25) is 0 Å². The fourth-order valence-corrected chi connectivity index (χ4v) is 3.46. The van der Waals surface area contributed by atoms with Crippen LogP contribution in [-0.2, 0) is 0 Å². The summed E-state index contributed by atoms with van der Waals surface area (Å²) in [4.78, 5) is 24.0. The summed E-state index contributed by atoms with van der Waals surface area (Å²) >= 11 is 7.92. The van der Waals surface area contributed by atoms with Gasteiger partial charge in [-0.3, -0.25) is 9.59 Å². The fraction of sp³-hybridized carbons (Fsp3) is 0.214. The molecule has 2 rings (SSSR count). The third-order valence-electron chi connectivity index (χ3n) is 2.85. The average Bonchev–Trinajstić information content (AvgIpc) is 3.13. The highest BCUT2D eigenvalue weighted by atomic mass is 35.5. The second kappa shape index (κ2) is 7.45. The molecular formula is C14H10ClF3N2O2S2. The maximum atomic E-state index is 13.0. The van der Waals surface area contributed by atoms with Crippen molar-refractivity contribution in [2.75, 3.05) is 0 Å². The van der Waals surface area contributed by atoms with Crippen molar-refractivity contribution in [1.82, 2.24) is 5.43 Å². The predicted molar refractivity (Wildman–Crippen MR) is 88.3 cm³/mol. The lowest BCUT2D eigenvalue weighted by Gasteiger charge is -2.09. The van der Waals surface area contributed by atoms with Gasteiger partial charge >= 0.3 is 6.18 Å². The number of ketones is 1. The molecule has 4 nitrogen and oxygen atoms in total. The van der Waals surface area contributed by atoms with Gasteiger partial charge in [0.05, 0.1) is 16.3 Å². The van der Waals surface area contributed by atoms with E-state index in [0.29, 0.717) is 5.56 Å². The summed E-state index contributed by atoms with van der Waals surface area (Å²) in [6.07, 6.45) is -5.79. The van der Waals surface area contributed by atoms with E-state index in [1.807, 2.05) is 5.43 Å². The second-order valence-corrected chi connectivity index (χ2v) is 6.84. The van der Waals surface area contributed by atoms with Gasteiger partial charge in [0.15, 0.2) is 5.78 Å². The number of hydrogen-bond acceptors (Lipinski definition) is 5. The minimum absolute atomic E-state index is 0.0593. The van der Waals surface area contributed by atoms with E-state index in [9.17, 15) is 22.8 Å². The number of alkyl halides is 3. The summed E-state index contributed by atoms with van der Waals surface area (Å²) in [7, 11) is 0. The van der Waals surface area contributed by atoms with Gasteiger partial charge in [0.25, 0.3) is 5.91 Å². The molecule has 0 aliphatic carbocycles. The Kier molecular flexibility index (Phi) is 5.79. The number of nitrogens with zero attached hydrogens (tertiary/aromatic N) is 1. The monoisotopic (exact) mass is 394 g/mol. The Morgan fingerprint density at radius 2 is 2.04 bits per heavy atom. The number of hydrazone groups is 1. The van der Waals surface area contributed by atoms with Crippen molar-refractivity contribution in [3.63, 3.8) is 0 Å². The van der Waals surface area contributed by atoms with Crippen molar-refractivity contribution in [1.29, 1.82) is 0 Å². The molecule has 0 atom stereocenters. The smallest absolute Gasteiger partial charge is 0.293 e. The Labute approximate surface area is 147 Å². The first-order chi connectivity index (χ1) is 11.2. The maximum absolute atomic E-state index is 13.0. The molecule has 0 aliphatic rings. The zero-order chi connectivity index (χ0) is 17.9. The van der Waals surface area contributed by atoms with Crippen molar-refractivity contribution in [3.8, 4) is 0 Å². The van der Waals surface area contributed by atoms with Crippen molar-refractivity contribution in [3.05, 3.63) is 43.2 Å². The Morgan fingerprint density at radius 3 is 2.54 bits per heavy atom. The molecule has 0 spiro atoms. The number of Topliss-reactive ketones (excluding diaryl/α,β-unsaturated/α-hetero) is 1. The van der Waals surface area contributed by atoms with Crippen LogP contribution in [-0.4, -0.2) is 23.6 Å². The molecule has 2 aromatic rings. The van der Waals surface area contributed by atoms with E-state index in [0.717, 1.165) is 22.7 Å². The van der Waals surface area contributed by atoms with Gasteiger partial charge in [0.1, 0.15) is 10.6 Å². The number of amides is 1. The Hall–Kier alpha value is -1.71. The molecule has 1 N–H and O–H groups in total. The molecule has 2 aromatic heterocycles. The van der Waals surface area contributed by atoms with Crippen LogP contribution in [0.5, 0.6) is 0 Å². The van der Waals surface area contributed by atoms with Crippen LogP contribution < -0.4 is 5.43 Å². The number of thiophene rings is 2. The third kappa shape index (κ3) is 4.43. The zero-order valence-corrected chi connectivity index (χ0v) is 14.5. The zero-order valence-electron chi connectivity index (χ0n) is 12.1. The van der Waals surface area contributed by atoms with Gasteiger partial charge in [-0.05, 0) is 29.3 Å². The van der Waals surface area contributed by atoms with Gasteiger partial charge in [-0.2, -0.15) is 18.3 Å². The van der Waals surface area contributed by atoms with Crippen LogP contribution in [0, 0.1) is 6.92 Å². The van der Waals surface area contributed by atoms with Crippen LogP contribution in [0.2, 0.25) is 5.02 Å². The molecule has 0 saturated heterocycles. The van der Waals surface area contributed by atoms with Crippen LogP contribution in [0.25, 0.3) is 0 Å². The summed E-state index contributed by atoms with van der Waals surface area (Å²) in [5, 5.41) is 6.45. The van der Waals surface area contributed by atoms with Crippen LogP contribution in [0.15, 0.2) is 28.0 Å². The second-order valence-electron chi connectivity index (χ2n) is 4.64. The number of carbonyl (C=O) groups is 2. The number of carbonyl (C=O) groups excluding carboxylic acids is 2. The molecule has 2 heterocycles. The van der Waals surface area contributed by atoms with Gasteiger partial charge in [0, 0.05) is 0 Å². The minimum Gasteiger partial charge on any atom is -0.293 e. The van der Waals surface area contributed by atoms with E-state index >= 15 is 0 Å². The van der Waals surface area contributed by atoms with Gasteiger partial charge in [-0.25, -0.2) is 5.43 Å². The summed E-state index contributed by atoms with van der Waals surface area (Å²) in [6, 6.07) is 2.99. The van der Waals surface area contributed by atoms with E-state index in [1.54, 1.807) is 23.8 Å². The van der Waals surface area contributed by atoms with E-state index in [-0.39, 0.29) is 14.8 Å². The standard InChI is InChI=1S/C14H10ClF3N2O2S2/c1-7-6-24-12(11(7)15)13(22)20-19-10(14(16,17)18)5-8(21)9-3-2-4-23-9/h2-4,6H,5H2,1H3,(H,20,22)/b19-10+. The summed E-state index contributed by atoms with van der Waals surface area (Å²) in [5.74, 6) is -1.58. The van der Waals surface area contributed by atoms with Gasteiger partial charge in [-0.15, -0.1) is 22.7 Å². The lowest BCUT2D eigenvalue weighted by molar-refractivity contribution is -0.0605. The summed E-state index contributed by atoms with van der Waals surface area (Å²) in [5.41, 5.74) is 1.08. The van der Waals surface area contributed by atoms with Crippen molar-refractivity contribution >= 4 is 51.7 Å². The number of nitrogens with one attached hydrogen (secondary N) is 1. The van der Waals surface area contributed by atoms with Crippen LogP contribution in [0.1, 0.15) is 31.3 Å². The van der Waals surface area contributed by atoms with Crippen molar-refractivity contribution < 1.29 is 22.8 Å². The molecule has 0 bridgehead atoms. The molecule has 0 unspecified atom stereocenters. The topological polar surface area (TPSA) is 58.5 Å². The van der Waals surface area contributed by atoms with Gasteiger partial charge in [-0.1, -0.05) is 17.7 Å². The molecule has 0 fully saturated rings. The average molecular weight is 395 g/mol. The first kappa shape index (κ1) is 18.6. The molecule has 128 valence electrons. The molecular weight excluding hydrogens is 385 g/mol. The lowest BCUT2D eigenvalue weighted by Crippen LogP contribution is -2.30. The van der Waals surface area contributed by atoms with Crippen LogP contribution >= 0.6 is 34.3 Å². The van der Waals surface area contributed by atoms with Crippen molar-refractivity contribution in [2.45, 2.75) is 19.5 Å². The minimum atomic E-state index is -4.84. The van der Waals surface area contributed by atoms with E-state index in [2.05, 4.69) is 5.10 Å². The van der Waals surface area contributed by atoms with E-state index in [1.165, 1.54) is 6.07 Å². The molecule has 1 amide bonds. The predicted octanol–water partition coefficient (Wildman–Crippen LogP) is 4.69. The summed E-state index contributed by atoms with van der Waals surface area (Å²) < 4.78 is 39.0. The molecule has 0 aromatic carbocycles. The lowest BCUT2D eigenvalue weighted by atomic mass is 10.1. The summed E-state index contributed by atoms with van der Waals surface area (Å²) in [6.45, 7) is 1.67. The molecule has 24 heavy (non-hydrogen) atoms. The normalized spacial score (nSPS) is 12.3. The largest absolute Gasteiger partial charge is 0.431 e. The van der Waals surface area contributed by atoms with E-state index in [4.69, 9.17) is 11.6 Å². The molecule has 0 radical (unpaired) electrons. The van der Waals surface area contributed by atoms with Crippen LogP contribution in [0.4, 0.5) is 13.2 Å². The van der Waals surface area contributed by atoms with Crippen LogP contribution in [0.3, 0.4) is 0 Å². The third-order valence-corrected chi connectivity index (χ3v) is 5.46. The highest BCUT2D eigenvalue weighted by Crippen LogP contribution is 2.27. The Bertz CT molecular complexity index is 783. The highest BCUT2D eigenvalue weighted by Gasteiger charge is 2.37. The number of aryl methyl sites for hydroxylation is 1. The first-order valence-corrected chi connectivity index (χ1v) is 8.58. The Morgan fingerprint density at radius 1 is 1.33 bits per heavy atom. The SMILES string of the molecule is Cc1csc(C(=O)N/N=C(\CC(=O)c2cccs2)C(F)(F)F)c1Cl. The fourth-order valence-electron chi connectivity index (χ4n) is 1.63. The first-order valence-electron chi connectivity index (χ1n) is 6.44. The molecule has 0 saturated carbocycles. The maximum Gasteiger partial charge on any atom is 0.431 e. The quantitative estimate of drug-likeness (QED) is 0.454. The number of rotatable bonds is 5. The molecule has 0 aliphatic heterocycles. The molecule has 10 heteroatoms. The number of hydrogen-bond donors (Lipinski definition) is 1. The van der Waals surface area contributed by atoms with Gasteiger partial charge < -0.3 is 0 Å².